The predicted octanol–water partition coefficient (Wildman–Crippen LogP) is 5.23. The van der Waals surface area contributed by atoms with Crippen molar-refractivity contribution in [2.75, 3.05) is 17.4 Å². The van der Waals surface area contributed by atoms with Crippen LogP contribution in [0.3, 0.4) is 0 Å². The van der Waals surface area contributed by atoms with Gasteiger partial charge in [-0.1, -0.05) is 35.3 Å². The van der Waals surface area contributed by atoms with E-state index in [0.717, 1.165) is 0 Å². The summed E-state index contributed by atoms with van der Waals surface area (Å²) in [6.45, 7) is 0.0552. The first-order valence-corrected chi connectivity index (χ1v) is 9.33. The summed E-state index contributed by atoms with van der Waals surface area (Å²) in [6.07, 6.45) is 0. The number of benzene rings is 3. The summed E-state index contributed by atoms with van der Waals surface area (Å²) in [5, 5.41) is 6.40. The molecule has 3 aromatic carbocycles. The highest BCUT2D eigenvalue weighted by molar-refractivity contribution is 6.33. The van der Waals surface area contributed by atoms with E-state index in [9.17, 15) is 9.59 Å². The maximum atomic E-state index is 12.7. The number of anilines is 2. The van der Waals surface area contributed by atoms with Gasteiger partial charge in [0.15, 0.2) is 11.5 Å². The molecule has 146 valence electrons. The van der Waals surface area contributed by atoms with E-state index in [1.54, 1.807) is 54.6 Å². The molecule has 3 aromatic rings. The topological polar surface area (TPSA) is 76.7 Å². The number of nitrogens with one attached hydrogen (secondary N) is 2. The van der Waals surface area contributed by atoms with E-state index in [-0.39, 0.29) is 17.7 Å². The Bertz CT molecular complexity index is 1100. The van der Waals surface area contributed by atoms with E-state index < -0.39 is 5.91 Å². The van der Waals surface area contributed by atoms with Crippen LogP contribution < -0.4 is 20.1 Å². The van der Waals surface area contributed by atoms with Crippen LogP contribution in [0.5, 0.6) is 11.5 Å². The summed E-state index contributed by atoms with van der Waals surface area (Å²) in [7, 11) is 0. The van der Waals surface area contributed by atoms with Gasteiger partial charge < -0.3 is 20.1 Å². The summed E-state index contributed by atoms with van der Waals surface area (Å²) in [5.74, 6) is 0.0960. The molecule has 0 aromatic heterocycles. The van der Waals surface area contributed by atoms with Gasteiger partial charge in [-0.15, -0.1) is 0 Å². The molecule has 6 nitrogen and oxygen atoms in total. The summed E-state index contributed by atoms with van der Waals surface area (Å²) in [6, 6.07) is 16.4. The van der Waals surface area contributed by atoms with Crippen LogP contribution in [0.1, 0.15) is 20.7 Å². The van der Waals surface area contributed by atoms with Gasteiger partial charge in [-0.25, -0.2) is 0 Å². The average molecular weight is 429 g/mol. The van der Waals surface area contributed by atoms with E-state index in [0.29, 0.717) is 39.0 Å². The predicted molar refractivity (Wildman–Crippen MR) is 111 cm³/mol. The second kappa shape index (κ2) is 8.03. The Morgan fingerprint density at radius 3 is 2.07 bits per heavy atom. The average Bonchev–Trinajstić information content (AvgIpc) is 3.19. The molecule has 2 amide bonds. The van der Waals surface area contributed by atoms with Crippen LogP contribution in [0, 0.1) is 0 Å². The summed E-state index contributed by atoms with van der Waals surface area (Å²) in [5.41, 5.74) is 1.64. The van der Waals surface area contributed by atoms with E-state index in [2.05, 4.69) is 10.6 Å². The third-order valence-electron chi connectivity index (χ3n) is 4.22. The van der Waals surface area contributed by atoms with Gasteiger partial charge in [-0.2, -0.15) is 0 Å². The fourth-order valence-corrected chi connectivity index (χ4v) is 3.18. The summed E-state index contributed by atoms with van der Waals surface area (Å²) in [4.78, 5) is 25.2. The van der Waals surface area contributed by atoms with Crippen LogP contribution in [-0.4, -0.2) is 18.6 Å². The zero-order chi connectivity index (χ0) is 20.4. The van der Waals surface area contributed by atoms with Crippen LogP contribution >= 0.6 is 23.2 Å². The SMILES string of the molecule is O=C(Nc1ccccc1NC(=O)c1cc(Cl)c2c(c1)OCO2)c1ccc(Cl)cc1. The van der Waals surface area contributed by atoms with Crippen LogP contribution in [-0.2, 0) is 0 Å². The number of fused-ring (bicyclic) bond motifs is 1. The number of para-hydroxylation sites is 2. The van der Waals surface area contributed by atoms with Gasteiger partial charge in [-0.3, -0.25) is 9.59 Å². The molecule has 0 saturated carbocycles. The Kier molecular flexibility index (Phi) is 5.29. The number of hydrogen-bond donors (Lipinski definition) is 2. The normalized spacial score (nSPS) is 11.8. The summed E-state index contributed by atoms with van der Waals surface area (Å²) >= 11 is 12.0. The minimum atomic E-state index is -0.404. The largest absolute Gasteiger partial charge is 0.454 e. The molecule has 0 unspecified atom stereocenters. The Hall–Kier alpha value is -3.22. The number of carbonyl (C=O) groups is 2. The molecule has 1 aliphatic rings. The van der Waals surface area contributed by atoms with Gasteiger partial charge in [0, 0.05) is 16.1 Å². The van der Waals surface area contributed by atoms with Crippen molar-refractivity contribution in [3.8, 4) is 11.5 Å². The Morgan fingerprint density at radius 2 is 1.41 bits per heavy atom. The molecule has 8 heteroatoms. The van der Waals surface area contributed by atoms with Crippen molar-refractivity contribution in [2.45, 2.75) is 0 Å². The van der Waals surface area contributed by atoms with Gasteiger partial charge in [0.1, 0.15) is 0 Å². The Labute approximate surface area is 176 Å². The second-order valence-electron chi connectivity index (χ2n) is 6.15. The number of hydrogen-bond acceptors (Lipinski definition) is 4. The maximum absolute atomic E-state index is 12.7. The van der Waals surface area contributed by atoms with Gasteiger partial charge >= 0.3 is 0 Å². The minimum absolute atomic E-state index is 0.0552. The minimum Gasteiger partial charge on any atom is -0.454 e. The number of halogens is 2. The molecule has 0 bridgehead atoms. The second-order valence-corrected chi connectivity index (χ2v) is 7.00. The lowest BCUT2D eigenvalue weighted by Crippen LogP contribution is -2.16. The highest BCUT2D eigenvalue weighted by atomic mass is 35.5. The third kappa shape index (κ3) is 4.13. The van der Waals surface area contributed by atoms with E-state index in [1.165, 1.54) is 6.07 Å². The summed E-state index contributed by atoms with van der Waals surface area (Å²) < 4.78 is 10.6. The first-order chi connectivity index (χ1) is 14.0. The Balaban J connectivity index is 1.54. The Morgan fingerprint density at radius 1 is 0.793 bits per heavy atom. The van der Waals surface area contributed by atoms with E-state index in [4.69, 9.17) is 32.7 Å². The first-order valence-electron chi connectivity index (χ1n) is 8.58. The number of rotatable bonds is 4. The molecular formula is C21H14Cl2N2O4. The zero-order valence-electron chi connectivity index (χ0n) is 14.9. The van der Waals surface area contributed by atoms with Crippen LogP contribution in [0.4, 0.5) is 11.4 Å². The molecule has 29 heavy (non-hydrogen) atoms. The van der Waals surface area contributed by atoms with Crippen LogP contribution in [0.25, 0.3) is 0 Å². The standard InChI is InChI=1S/C21H14Cl2N2O4/c22-14-7-5-12(6-8-14)20(26)24-16-3-1-2-4-17(16)25-21(27)13-9-15(23)19-18(10-13)28-11-29-19/h1-10H,11H2,(H,24,26)(H,25,27). The first kappa shape index (κ1) is 19.1. The highest BCUT2D eigenvalue weighted by Gasteiger charge is 2.21. The lowest BCUT2D eigenvalue weighted by atomic mass is 10.1. The molecule has 2 N–H and O–H groups in total. The lowest BCUT2D eigenvalue weighted by Gasteiger charge is -2.13. The maximum Gasteiger partial charge on any atom is 0.255 e. The number of carbonyl (C=O) groups excluding carboxylic acids is 2. The van der Waals surface area contributed by atoms with Crippen LogP contribution in [0.15, 0.2) is 60.7 Å². The quantitative estimate of drug-likeness (QED) is 0.596. The molecule has 1 heterocycles. The van der Waals surface area contributed by atoms with Gasteiger partial charge in [-0.05, 0) is 48.5 Å². The molecule has 0 saturated heterocycles. The van der Waals surface area contributed by atoms with Crippen molar-refractivity contribution in [3.05, 3.63) is 81.8 Å². The monoisotopic (exact) mass is 428 g/mol. The molecular weight excluding hydrogens is 415 g/mol. The molecule has 0 spiro atoms. The zero-order valence-corrected chi connectivity index (χ0v) is 16.4. The highest BCUT2D eigenvalue weighted by Crippen LogP contribution is 2.40. The van der Waals surface area contributed by atoms with Crippen molar-refractivity contribution in [1.29, 1.82) is 0 Å². The van der Waals surface area contributed by atoms with Crippen molar-refractivity contribution >= 4 is 46.4 Å². The van der Waals surface area contributed by atoms with Gasteiger partial charge in [0.05, 0.1) is 16.4 Å². The van der Waals surface area contributed by atoms with E-state index in [1.807, 2.05) is 0 Å². The molecule has 1 aliphatic heterocycles. The molecule has 0 radical (unpaired) electrons. The van der Waals surface area contributed by atoms with Crippen LogP contribution in [0.2, 0.25) is 10.0 Å². The van der Waals surface area contributed by atoms with Crippen molar-refractivity contribution in [2.24, 2.45) is 0 Å². The van der Waals surface area contributed by atoms with Gasteiger partial charge in [0.2, 0.25) is 6.79 Å². The molecule has 0 aliphatic carbocycles. The fraction of sp³-hybridized carbons (Fsp3) is 0.0476. The lowest BCUT2D eigenvalue weighted by molar-refractivity contribution is 0.101. The fourth-order valence-electron chi connectivity index (χ4n) is 2.79. The molecule has 0 fully saturated rings. The number of ether oxygens (including phenoxy) is 2. The smallest absolute Gasteiger partial charge is 0.255 e. The van der Waals surface area contributed by atoms with Gasteiger partial charge in [0.25, 0.3) is 11.8 Å². The molecule has 0 atom stereocenters. The van der Waals surface area contributed by atoms with Crippen molar-refractivity contribution < 1.29 is 19.1 Å². The number of amides is 2. The molecule has 4 rings (SSSR count). The van der Waals surface area contributed by atoms with Crippen molar-refractivity contribution in [3.63, 3.8) is 0 Å². The van der Waals surface area contributed by atoms with E-state index >= 15 is 0 Å². The van der Waals surface area contributed by atoms with Crippen molar-refractivity contribution in [1.82, 2.24) is 0 Å². The third-order valence-corrected chi connectivity index (χ3v) is 4.75.